The summed E-state index contributed by atoms with van der Waals surface area (Å²) in [5.41, 5.74) is 0.656. The second kappa shape index (κ2) is 7.98. The Hall–Kier alpha value is -3.23. The number of carbonyl (C=O) groups excluding carboxylic acids is 1. The van der Waals surface area contributed by atoms with Crippen molar-refractivity contribution in [2.24, 2.45) is 0 Å². The molecule has 0 spiro atoms. The van der Waals surface area contributed by atoms with Crippen molar-refractivity contribution in [3.05, 3.63) is 51.7 Å². The number of nitro benzene ring substituents is 1. The van der Waals surface area contributed by atoms with E-state index in [0.29, 0.717) is 30.1 Å². The maximum absolute atomic E-state index is 12.9. The minimum atomic E-state index is -0.475. The Morgan fingerprint density at radius 1 is 1.37 bits per heavy atom. The fraction of sp³-hybridized carbons (Fsp3) is 0.389. The van der Waals surface area contributed by atoms with Crippen LogP contribution in [0.4, 0.5) is 5.69 Å². The number of ether oxygens (including phenoxy) is 2. The van der Waals surface area contributed by atoms with Crippen LogP contribution in [0.5, 0.6) is 11.9 Å². The molecule has 1 unspecified atom stereocenters. The third kappa shape index (κ3) is 4.13. The maximum atomic E-state index is 12.9. The fourth-order valence-electron chi connectivity index (χ4n) is 3.10. The molecule has 3 rings (SSSR count). The molecule has 0 N–H and O–H groups in total. The first kappa shape index (κ1) is 18.6. The van der Waals surface area contributed by atoms with Gasteiger partial charge < -0.3 is 14.4 Å². The number of likely N-dealkylation sites (tertiary alicyclic amines) is 1. The Kier molecular flexibility index (Phi) is 5.49. The van der Waals surface area contributed by atoms with E-state index in [1.54, 1.807) is 30.2 Å². The van der Waals surface area contributed by atoms with Gasteiger partial charge in [0.15, 0.2) is 0 Å². The first-order valence-electron chi connectivity index (χ1n) is 8.56. The summed E-state index contributed by atoms with van der Waals surface area (Å²) in [6.07, 6.45) is 2.87. The van der Waals surface area contributed by atoms with Gasteiger partial charge >= 0.3 is 6.01 Å². The number of nitrogens with zero attached hydrogens (tertiary/aromatic N) is 4. The average Bonchev–Trinajstić information content (AvgIpc) is 2.68. The van der Waals surface area contributed by atoms with E-state index in [-0.39, 0.29) is 23.7 Å². The van der Waals surface area contributed by atoms with E-state index in [9.17, 15) is 14.9 Å². The first-order valence-corrected chi connectivity index (χ1v) is 8.56. The molecule has 1 aliphatic heterocycles. The largest absolute Gasteiger partial charge is 0.472 e. The van der Waals surface area contributed by atoms with Gasteiger partial charge in [-0.25, -0.2) is 4.98 Å². The summed E-state index contributed by atoms with van der Waals surface area (Å²) in [6, 6.07) is 6.39. The molecule has 9 heteroatoms. The molecule has 9 nitrogen and oxygen atoms in total. The Morgan fingerprint density at radius 2 is 2.19 bits per heavy atom. The number of piperidine rings is 1. The highest BCUT2D eigenvalue weighted by Gasteiger charge is 2.28. The Balaban J connectivity index is 1.73. The molecule has 0 saturated carbocycles. The standard InChI is InChI=1S/C18H20N4O5/c1-12-14(6-3-7-15(12)22(24)25)17(23)21-10-4-5-13(11-21)27-16-8-9-19-18(20-16)26-2/h3,6-9,13H,4-5,10-11H2,1-2H3. The van der Waals surface area contributed by atoms with Gasteiger partial charge in [-0.2, -0.15) is 4.98 Å². The molecule has 1 atom stereocenters. The molecule has 1 fully saturated rings. The van der Waals surface area contributed by atoms with Gasteiger partial charge in [-0.1, -0.05) is 6.07 Å². The highest BCUT2D eigenvalue weighted by molar-refractivity contribution is 5.96. The van der Waals surface area contributed by atoms with Gasteiger partial charge in [-0.3, -0.25) is 14.9 Å². The predicted molar refractivity (Wildman–Crippen MR) is 96.0 cm³/mol. The lowest BCUT2D eigenvalue weighted by Crippen LogP contribution is -2.44. The van der Waals surface area contributed by atoms with Crippen molar-refractivity contribution >= 4 is 11.6 Å². The van der Waals surface area contributed by atoms with Crippen LogP contribution in [0.15, 0.2) is 30.5 Å². The van der Waals surface area contributed by atoms with Gasteiger partial charge in [0.05, 0.1) is 18.6 Å². The number of hydrogen-bond donors (Lipinski definition) is 0. The van der Waals surface area contributed by atoms with E-state index in [0.717, 1.165) is 12.8 Å². The summed E-state index contributed by atoms with van der Waals surface area (Å²) in [4.78, 5) is 33.3. The minimum Gasteiger partial charge on any atom is -0.472 e. The zero-order valence-corrected chi connectivity index (χ0v) is 15.1. The summed E-state index contributed by atoms with van der Waals surface area (Å²) in [7, 11) is 1.47. The van der Waals surface area contributed by atoms with Crippen molar-refractivity contribution in [2.45, 2.75) is 25.9 Å². The Labute approximate surface area is 156 Å². The molecule has 142 valence electrons. The molecular formula is C18H20N4O5. The minimum absolute atomic E-state index is 0.0567. The highest BCUT2D eigenvalue weighted by atomic mass is 16.6. The lowest BCUT2D eigenvalue weighted by atomic mass is 10.0. The normalized spacial score (nSPS) is 16.7. The summed E-state index contributed by atoms with van der Waals surface area (Å²) in [6.45, 7) is 2.55. The van der Waals surface area contributed by atoms with Crippen molar-refractivity contribution in [3.63, 3.8) is 0 Å². The first-order chi connectivity index (χ1) is 13.0. The quantitative estimate of drug-likeness (QED) is 0.586. The Bertz CT molecular complexity index is 857. The molecule has 0 bridgehead atoms. The molecule has 27 heavy (non-hydrogen) atoms. The summed E-state index contributed by atoms with van der Waals surface area (Å²) >= 11 is 0. The van der Waals surface area contributed by atoms with Crippen molar-refractivity contribution in [2.75, 3.05) is 20.2 Å². The molecule has 1 aromatic carbocycles. The number of methoxy groups -OCH3 is 1. The number of hydrogen-bond acceptors (Lipinski definition) is 7. The van der Waals surface area contributed by atoms with Gasteiger partial charge in [-0.15, -0.1) is 0 Å². The van der Waals surface area contributed by atoms with Gasteiger partial charge in [0.2, 0.25) is 5.88 Å². The zero-order valence-electron chi connectivity index (χ0n) is 15.1. The van der Waals surface area contributed by atoms with Gasteiger partial charge in [-0.05, 0) is 25.8 Å². The molecule has 0 aliphatic carbocycles. The molecular weight excluding hydrogens is 352 g/mol. The SMILES string of the molecule is COc1nccc(OC2CCCN(C(=O)c3cccc([N+](=O)[O-])c3C)C2)n1. The van der Waals surface area contributed by atoms with E-state index >= 15 is 0 Å². The third-order valence-corrected chi connectivity index (χ3v) is 4.48. The Morgan fingerprint density at radius 3 is 2.93 bits per heavy atom. The molecule has 1 aliphatic rings. The van der Waals surface area contributed by atoms with Gasteiger partial charge in [0.1, 0.15) is 6.10 Å². The number of benzene rings is 1. The van der Waals surface area contributed by atoms with Crippen molar-refractivity contribution in [3.8, 4) is 11.9 Å². The molecule has 0 radical (unpaired) electrons. The van der Waals surface area contributed by atoms with Crippen molar-refractivity contribution in [1.29, 1.82) is 0 Å². The number of nitro groups is 1. The number of aromatic nitrogens is 2. The van der Waals surface area contributed by atoms with Crippen LogP contribution in [0.1, 0.15) is 28.8 Å². The second-order valence-corrected chi connectivity index (χ2v) is 6.22. The fourth-order valence-corrected chi connectivity index (χ4v) is 3.10. The van der Waals surface area contributed by atoms with Crippen LogP contribution in [0, 0.1) is 17.0 Å². The lowest BCUT2D eigenvalue weighted by Gasteiger charge is -2.33. The van der Waals surface area contributed by atoms with E-state index < -0.39 is 4.92 Å². The second-order valence-electron chi connectivity index (χ2n) is 6.22. The monoisotopic (exact) mass is 372 g/mol. The van der Waals surface area contributed by atoms with E-state index in [1.807, 2.05) is 0 Å². The highest BCUT2D eigenvalue weighted by Crippen LogP contribution is 2.24. The van der Waals surface area contributed by atoms with E-state index in [2.05, 4.69) is 9.97 Å². The van der Waals surface area contributed by atoms with Crippen LogP contribution in [0.3, 0.4) is 0 Å². The molecule has 2 heterocycles. The number of rotatable bonds is 5. The zero-order chi connectivity index (χ0) is 19.4. The number of amides is 1. The average molecular weight is 372 g/mol. The van der Waals surface area contributed by atoms with Crippen LogP contribution in [-0.2, 0) is 0 Å². The van der Waals surface area contributed by atoms with Crippen LogP contribution >= 0.6 is 0 Å². The van der Waals surface area contributed by atoms with Crippen LogP contribution in [0.25, 0.3) is 0 Å². The van der Waals surface area contributed by atoms with Gasteiger partial charge in [0.25, 0.3) is 11.6 Å². The molecule has 1 aromatic heterocycles. The van der Waals surface area contributed by atoms with E-state index in [4.69, 9.17) is 9.47 Å². The number of carbonyl (C=O) groups is 1. The van der Waals surface area contributed by atoms with Crippen molar-refractivity contribution in [1.82, 2.24) is 14.9 Å². The molecule has 1 amide bonds. The molecule has 1 saturated heterocycles. The summed E-state index contributed by atoms with van der Waals surface area (Å²) in [5, 5.41) is 11.1. The third-order valence-electron chi connectivity index (χ3n) is 4.48. The maximum Gasteiger partial charge on any atom is 0.319 e. The molecule has 2 aromatic rings. The van der Waals surface area contributed by atoms with Crippen LogP contribution in [-0.4, -0.2) is 52.0 Å². The van der Waals surface area contributed by atoms with Crippen LogP contribution in [0.2, 0.25) is 0 Å². The lowest BCUT2D eigenvalue weighted by molar-refractivity contribution is -0.385. The van der Waals surface area contributed by atoms with Gasteiger partial charge in [0, 0.05) is 36.0 Å². The summed E-state index contributed by atoms with van der Waals surface area (Å²) in [5.74, 6) is 0.150. The van der Waals surface area contributed by atoms with Crippen LogP contribution < -0.4 is 9.47 Å². The topological polar surface area (TPSA) is 108 Å². The van der Waals surface area contributed by atoms with Crippen molar-refractivity contribution < 1.29 is 19.2 Å². The predicted octanol–water partition coefficient (Wildman–Crippen LogP) is 2.39. The summed E-state index contributed by atoms with van der Waals surface area (Å²) < 4.78 is 10.9. The smallest absolute Gasteiger partial charge is 0.319 e. The van der Waals surface area contributed by atoms with E-state index in [1.165, 1.54) is 19.2 Å².